The van der Waals surface area contributed by atoms with Crippen molar-refractivity contribution in [1.29, 1.82) is 0 Å². The first kappa shape index (κ1) is 18.9. The number of nitrogens with zero attached hydrogens (tertiary/aromatic N) is 1. The molecule has 2 N–H and O–H groups in total. The number of carbonyl (C=O) groups excluding carboxylic acids is 1. The van der Waals surface area contributed by atoms with E-state index >= 15 is 0 Å². The van der Waals surface area contributed by atoms with Crippen molar-refractivity contribution in [3.8, 4) is 0 Å². The van der Waals surface area contributed by atoms with Crippen molar-refractivity contribution in [1.82, 2.24) is 15.5 Å². The first-order valence-corrected chi connectivity index (χ1v) is 8.92. The lowest BCUT2D eigenvalue weighted by molar-refractivity contribution is -0.122. The molecule has 1 aromatic carbocycles. The number of likely N-dealkylation sites (N-methyl/N-ethyl adjacent to an activating group) is 1. The Balaban J connectivity index is 1.76. The van der Waals surface area contributed by atoms with Crippen molar-refractivity contribution >= 4 is 5.91 Å². The maximum atomic E-state index is 12.2. The van der Waals surface area contributed by atoms with Crippen LogP contribution in [-0.2, 0) is 22.7 Å². The molecule has 1 heterocycles. The number of amides is 1. The molecule has 24 heavy (non-hydrogen) atoms. The minimum absolute atomic E-state index is 0.0931. The van der Waals surface area contributed by atoms with Crippen LogP contribution in [0.2, 0.25) is 0 Å². The van der Waals surface area contributed by atoms with Gasteiger partial charge in [0.05, 0.1) is 19.3 Å². The molecule has 1 aromatic rings. The standard InChI is InChI=1S/C19H31N3O2/c1-15(2)24-14-17-7-4-6-16(10-17)11-21-19(23)13-22-9-5-8-18(12-22)20-3/h4,6-7,10,15,18,20H,5,8-9,11-14H2,1-3H3,(H,21,23). The number of nitrogens with one attached hydrogen (secondary N) is 2. The fourth-order valence-electron chi connectivity index (χ4n) is 2.99. The van der Waals surface area contributed by atoms with Gasteiger partial charge in [0.15, 0.2) is 0 Å². The van der Waals surface area contributed by atoms with Gasteiger partial charge in [0.25, 0.3) is 0 Å². The van der Waals surface area contributed by atoms with Gasteiger partial charge < -0.3 is 15.4 Å². The molecule has 0 saturated carbocycles. The fourth-order valence-corrected chi connectivity index (χ4v) is 2.99. The Labute approximate surface area is 145 Å². The molecule has 0 aliphatic carbocycles. The zero-order valence-electron chi connectivity index (χ0n) is 15.2. The summed E-state index contributed by atoms with van der Waals surface area (Å²) >= 11 is 0. The normalized spacial score (nSPS) is 18.8. The molecule has 1 aliphatic heterocycles. The summed E-state index contributed by atoms with van der Waals surface area (Å²) in [6.45, 7) is 7.68. The smallest absolute Gasteiger partial charge is 0.234 e. The Morgan fingerprint density at radius 2 is 2.17 bits per heavy atom. The van der Waals surface area contributed by atoms with Gasteiger partial charge in [-0.25, -0.2) is 0 Å². The second-order valence-electron chi connectivity index (χ2n) is 6.82. The van der Waals surface area contributed by atoms with Crippen LogP contribution in [0.3, 0.4) is 0 Å². The zero-order chi connectivity index (χ0) is 17.4. The highest BCUT2D eigenvalue weighted by Crippen LogP contribution is 2.10. The number of ether oxygens (including phenoxy) is 1. The number of benzene rings is 1. The van der Waals surface area contributed by atoms with Gasteiger partial charge in [-0.05, 0) is 51.4 Å². The molecule has 1 unspecified atom stereocenters. The molecular formula is C19H31N3O2. The average molecular weight is 333 g/mol. The molecule has 1 aliphatic rings. The predicted octanol–water partition coefficient (Wildman–Crippen LogP) is 1.91. The van der Waals surface area contributed by atoms with Crippen LogP contribution in [0.4, 0.5) is 0 Å². The van der Waals surface area contributed by atoms with E-state index in [4.69, 9.17) is 4.74 Å². The molecule has 1 atom stereocenters. The maximum Gasteiger partial charge on any atom is 0.234 e. The molecule has 2 rings (SSSR count). The van der Waals surface area contributed by atoms with Crippen molar-refractivity contribution in [2.45, 2.75) is 52.0 Å². The summed E-state index contributed by atoms with van der Waals surface area (Å²) in [6, 6.07) is 8.71. The van der Waals surface area contributed by atoms with Crippen LogP contribution >= 0.6 is 0 Å². The number of rotatable bonds is 8. The van der Waals surface area contributed by atoms with Crippen LogP contribution in [0.15, 0.2) is 24.3 Å². The van der Waals surface area contributed by atoms with Gasteiger partial charge in [-0.1, -0.05) is 24.3 Å². The van der Waals surface area contributed by atoms with Gasteiger partial charge in [0, 0.05) is 19.1 Å². The highest BCUT2D eigenvalue weighted by atomic mass is 16.5. The van der Waals surface area contributed by atoms with Crippen LogP contribution in [0, 0.1) is 0 Å². The molecule has 134 valence electrons. The largest absolute Gasteiger partial charge is 0.374 e. The molecule has 1 saturated heterocycles. The molecule has 0 radical (unpaired) electrons. The third-order valence-electron chi connectivity index (χ3n) is 4.35. The highest BCUT2D eigenvalue weighted by molar-refractivity contribution is 5.78. The van der Waals surface area contributed by atoms with Crippen LogP contribution in [0.1, 0.15) is 37.8 Å². The molecule has 0 spiro atoms. The van der Waals surface area contributed by atoms with E-state index in [2.05, 4.69) is 27.7 Å². The van der Waals surface area contributed by atoms with Crippen molar-refractivity contribution in [3.63, 3.8) is 0 Å². The topological polar surface area (TPSA) is 53.6 Å². The van der Waals surface area contributed by atoms with E-state index in [1.165, 1.54) is 6.42 Å². The second-order valence-corrected chi connectivity index (χ2v) is 6.82. The predicted molar refractivity (Wildman–Crippen MR) is 96.7 cm³/mol. The van der Waals surface area contributed by atoms with Crippen molar-refractivity contribution in [3.05, 3.63) is 35.4 Å². The molecule has 1 amide bonds. The molecule has 0 aromatic heterocycles. The lowest BCUT2D eigenvalue weighted by atomic mass is 10.1. The van der Waals surface area contributed by atoms with Gasteiger partial charge in [-0.15, -0.1) is 0 Å². The third kappa shape index (κ3) is 6.59. The maximum absolute atomic E-state index is 12.2. The van der Waals surface area contributed by atoms with Gasteiger partial charge in [0.2, 0.25) is 5.91 Å². The third-order valence-corrected chi connectivity index (χ3v) is 4.35. The Kier molecular flexibility index (Phi) is 7.69. The Hall–Kier alpha value is -1.43. The highest BCUT2D eigenvalue weighted by Gasteiger charge is 2.20. The summed E-state index contributed by atoms with van der Waals surface area (Å²) in [5, 5.41) is 6.34. The van der Waals surface area contributed by atoms with E-state index < -0.39 is 0 Å². The summed E-state index contributed by atoms with van der Waals surface area (Å²) in [6.07, 6.45) is 2.57. The summed E-state index contributed by atoms with van der Waals surface area (Å²) in [7, 11) is 1.99. The molecular weight excluding hydrogens is 302 g/mol. The van der Waals surface area contributed by atoms with E-state index in [9.17, 15) is 4.79 Å². The summed E-state index contributed by atoms with van der Waals surface area (Å²) in [4.78, 5) is 14.4. The van der Waals surface area contributed by atoms with E-state index in [0.717, 1.165) is 30.6 Å². The Morgan fingerprint density at radius 1 is 1.38 bits per heavy atom. The average Bonchev–Trinajstić information content (AvgIpc) is 2.59. The van der Waals surface area contributed by atoms with Crippen LogP contribution in [0.5, 0.6) is 0 Å². The van der Waals surface area contributed by atoms with Crippen LogP contribution in [-0.4, -0.2) is 49.6 Å². The molecule has 5 heteroatoms. The van der Waals surface area contributed by atoms with E-state index in [1.807, 2.05) is 33.0 Å². The summed E-state index contributed by atoms with van der Waals surface area (Å²) in [5.74, 6) is 0.0931. The Bertz CT molecular complexity index is 519. The molecule has 1 fully saturated rings. The summed E-state index contributed by atoms with van der Waals surface area (Å²) in [5.41, 5.74) is 2.25. The van der Waals surface area contributed by atoms with E-state index in [0.29, 0.717) is 25.7 Å². The molecule has 0 bridgehead atoms. The van der Waals surface area contributed by atoms with Crippen molar-refractivity contribution in [2.75, 3.05) is 26.7 Å². The lowest BCUT2D eigenvalue weighted by Crippen LogP contribution is -2.47. The van der Waals surface area contributed by atoms with Gasteiger partial charge in [-0.3, -0.25) is 9.69 Å². The minimum Gasteiger partial charge on any atom is -0.374 e. The van der Waals surface area contributed by atoms with Gasteiger partial charge in [0.1, 0.15) is 0 Å². The van der Waals surface area contributed by atoms with Gasteiger partial charge in [-0.2, -0.15) is 0 Å². The zero-order valence-corrected chi connectivity index (χ0v) is 15.2. The van der Waals surface area contributed by atoms with Crippen molar-refractivity contribution < 1.29 is 9.53 Å². The first-order chi connectivity index (χ1) is 11.6. The number of piperidine rings is 1. The number of likely N-dealkylation sites (tertiary alicyclic amines) is 1. The van der Waals surface area contributed by atoms with Crippen LogP contribution < -0.4 is 10.6 Å². The molecule has 5 nitrogen and oxygen atoms in total. The number of hydrogen-bond acceptors (Lipinski definition) is 4. The minimum atomic E-state index is 0.0931. The summed E-state index contributed by atoms with van der Waals surface area (Å²) < 4.78 is 5.63. The second kappa shape index (κ2) is 9.77. The number of carbonyl (C=O) groups is 1. The number of hydrogen-bond donors (Lipinski definition) is 2. The quantitative estimate of drug-likeness (QED) is 0.763. The first-order valence-electron chi connectivity index (χ1n) is 8.92. The van der Waals surface area contributed by atoms with Gasteiger partial charge >= 0.3 is 0 Å². The monoisotopic (exact) mass is 333 g/mol. The fraction of sp³-hybridized carbons (Fsp3) is 0.632. The Morgan fingerprint density at radius 3 is 2.92 bits per heavy atom. The van der Waals surface area contributed by atoms with Crippen LogP contribution in [0.25, 0.3) is 0 Å². The lowest BCUT2D eigenvalue weighted by Gasteiger charge is -2.31. The van der Waals surface area contributed by atoms with Crippen molar-refractivity contribution in [2.24, 2.45) is 0 Å². The van der Waals surface area contributed by atoms with E-state index in [-0.39, 0.29) is 12.0 Å². The van der Waals surface area contributed by atoms with E-state index in [1.54, 1.807) is 0 Å². The SMILES string of the molecule is CNC1CCCN(CC(=O)NCc2cccc(COC(C)C)c2)C1.